The van der Waals surface area contributed by atoms with Gasteiger partial charge in [-0.2, -0.15) is 0 Å². The van der Waals surface area contributed by atoms with Crippen molar-refractivity contribution in [2.45, 2.75) is 6.92 Å². The molecular weight excluding hydrogens is 493 g/mol. The Bertz CT molecular complexity index is 516. The first-order valence-corrected chi connectivity index (χ1v) is 11.2. The molecule has 0 fully saturated rings. The fraction of sp³-hybridized carbons (Fsp3) is 0.650. The molecule has 0 aliphatic rings. The number of carbonyl (C=O) groups is 1. The highest BCUT2D eigenvalue weighted by Crippen LogP contribution is 2.15. The first-order chi connectivity index (χ1) is 14.2. The third kappa shape index (κ3) is 16.5. The lowest BCUT2D eigenvalue weighted by molar-refractivity contribution is -0.114. The van der Waals surface area contributed by atoms with Crippen LogP contribution in [0.25, 0.3) is 0 Å². The average Bonchev–Trinajstić information content (AvgIpc) is 2.71. The van der Waals surface area contributed by atoms with E-state index >= 15 is 0 Å². The van der Waals surface area contributed by atoms with E-state index in [1.54, 1.807) is 24.3 Å². The molecule has 1 aromatic carbocycles. The number of hydrogen-bond donors (Lipinski definition) is 1. The summed E-state index contributed by atoms with van der Waals surface area (Å²) in [6.45, 7) is 7.59. The Morgan fingerprint density at radius 1 is 0.724 bits per heavy atom. The van der Waals surface area contributed by atoms with Gasteiger partial charge in [0.2, 0.25) is 5.91 Å². The smallest absolute Gasteiger partial charge is 0.221 e. The van der Waals surface area contributed by atoms with Crippen LogP contribution in [-0.4, -0.2) is 83.0 Å². The quantitative estimate of drug-likeness (QED) is 0.169. The zero-order chi connectivity index (χ0) is 21.0. The van der Waals surface area contributed by atoms with Gasteiger partial charge in [-0.3, -0.25) is 4.79 Å². The number of halogens is 1. The molecular formula is C20H32INO7. The van der Waals surface area contributed by atoms with Crippen molar-refractivity contribution in [2.75, 3.05) is 82.4 Å². The van der Waals surface area contributed by atoms with E-state index in [4.69, 9.17) is 28.4 Å². The Balaban J connectivity index is 1.80. The summed E-state index contributed by atoms with van der Waals surface area (Å²) in [5, 5.41) is 2.70. The second kappa shape index (κ2) is 19.0. The first kappa shape index (κ1) is 26.1. The van der Waals surface area contributed by atoms with E-state index in [0.717, 1.165) is 22.5 Å². The monoisotopic (exact) mass is 525 g/mol. The number of amides is 1. The van der Waals surface area contributed by atoms with Crippen LogP contribution in [0.4, 0.5) is 5.69 Å². The lowest BCUT2D eigenvalue weighted by atomic mass is 10.3. The average molecular weight is 525 g/mol. The van der Waals surface area contributed by atoms with Crippen LogP contribution in [0.15, 0.2) is 24.3 Å². The molecule has 1 rings (SSSR count). The fourth-order valence-corrected chi connectivity index (χ4v) is 2.40. The lowest BCUT2D eigenvalue weighted by Gasteiger charge is -2.09. The summed E-state index contributed by atoms with van der Waals surface area (Å²) in [6.07, 6.45) is 0. The van der Waals surface area contributed by atoms with Crippen LogP contribution in [0.3, 0.4) is 0 Å². The second-order valence-corrected chi connectivity index (χ2v) is 6.88. The Kier molecular flexibility index (Phi) is 17.1. The van der Waals surface area contributed by atoms with Crippen molar-refractivity contribution in [1.82, 2.24) is 0 Å². The number of ether oxygens (including phenoxy) is 6. The highest BCUT2D eigenvalue weighted by Gasteiger charge is 1.98. The van der Waals surface area contributed by atoms with E-state index in [-0.39, 0.29) is 5.91 Å². The van der Waals surface area contributed by atoms with Crippen molar-refractivity contribution < 1.29 is 33.2 Å². The summed E-state index contributed by atoms with van der Waals surface area (Å²) in [6, 6.07) is 7.20. The van der Waals surface area contributed by atoms with Gasteiger partial charge in [0, 0.05) is 17.0 Å². The number of carbonyl (C=O) groups excluding carboxylic acids is 1. The highest BCUT2D eigenvalue weighted by molar-refractivity contribution is 14.1. The number of rotatable bonds is 19. The molecule has 1 amide bonds. The molecule has 166 valence electrons. The van der Waals surface area contributed by atoms with E-state index in [1.165, 1.54) is 6.92 Å². The largest absolute Gasteiger partial charge is 0.491 e. The molecule has 0 aliphatic carbocycles. The molecule has 0 radical (unpaired) electrons. The van der Waals surface area contributed by atoms with E-state index < -0.39 is 0 Å². The number of alkyl halides is 1. The summed E-state index contributed by atoms with van der Waals surface area (Å²) in [5.41, 5.74) is 0.742. The van der Waals surface area contributed by atoms with E-state index in [2.05, 4.69) is 27.9 Å². The maximum Gasteiger partial charge on any atom is 0.221 e. The van der Waals surface area contributed by atoms with Crippen molar-refractivity contribution in [3.8, 4) is 5.75 Å². The first-order valence-electron chi connectivity index (χ1n) is 9.67. The van der Waals surface area contributed by atoms with Crippen molar-refractivity contribution in [1.29, 1.82) is 0 Å². The van der Waals surface area contributed by atoms with Crippen LogP contribution in [0, 0.1) is 0 Å². The fourth-order valence-electron chi connectivity index (χ4n) is 2.09. The van der Waals surface area contributed by atoms with Crippen LogP contribution in [-0.2, 0) is 28.5 Å². The normalized spacial score (nSPS) is 10.8. The van der Waals surface area contributed by atoms with Crippen molar-refractivity contribution in [3.63, 3.8) is 0 Å². The summed E-state index contributed by atoms with van der Waals surface area (Å²) in [7, 11) is 0. The minimum Gasteiger partial charge on any atom is -0.491 e. The lowest BCUT2D eigenvalue weighted by Crippen LogP contribution is -2.14. The maximum absolute atomic E-state index is 11.0. The second-order valence-electron chi connectivity index (χ2n) is 5.80. The van der Waals surface area contributed by atoms with Gasteiger partial charge in [0.15, 0.2) is 0 Å². The highest BCUT2D eigenvalue weighted by atomic mass is 127. The minimum atomic E-state index is -0.0987. The van der Waals surface area contributed by atoms with Crippen LogP contribution < -0.4 is 10.1 Å². The third-order valence-corrected chi connectivity index (χ3v) is 3.82. The molecule has 9 heteroatoms. The zero-order valence-corrected chi connectivity index (χ0v) is 19.2. The molecule has 0 spiro atoms. The Morgan fingerprint density at radius 3 is 1.55 bits per heavy atom. The molecule has 0 unspecified atom stereocenters. The van der Waals surface area contributed by atoms with Gasteiger partial charge in [-0.25, -0.2) is 0 Å². The molecule has 1 aromatic rings. The van der Waals surface area contributed by atoms with Gasteiger partial charge in [0.05, 0.1) is 66.1 Å². The molecule has 0 aliphatic heterocycles. The topological polar surface area (TPSA) is 84.5 Å². The molecule has 0 aromatic heterocycles. The minimum absolute atomic E-state index is 0.0987. The van der Waals surface area contributed by atoms with E-state index in [0.29, 0.717) is 66.1 Å². The van der Waals surface area contributed by atoms with Crippen molar-refractivity contribution >= 4 is 34.2 Å². The van der Waals surface area contributed by atoms with Crippen LogP contribution in [0.2, 0.25) is 0 Å². The van der Waals surface area contributed by atoms with Gasteiger partial charge >= 0.3 is 0 Å². The summed E-state index contributed by atoms with van der Waals surface area (Å²) >= 11 is 2.27. The Labute approximate surface area is 186 Å². The summed E-state index contributed by atoms with van der Waals surface area (Å²) in [4.78, 5) is 11.0. The van der Waals surface area contributed by atoms with Crippen molar-refractivity contribution in [2.24, 2.45) is 0 Å². The third-order valence-electron chi connectivity index (χ3n) is 3.38. The molecule has 0 saturated heterocycles. The van der Waals surface area contributed by atoms with Crippen molar-refractivity contribution in [3.05, 3.63) is 24.3 Å². The van der Waals surface area contributed by atoms with Gasteiger partial charge in [-0.15, -0.1) is 0 Å². The van der Waals surface area contributed by atoms with E-state index in [1.807, 2.05) is 0 Å². The van der Waals surface area contributed by atoms with Crippen LogP contribution in [0.1, 0.15) is 6.92 Å². The predicted molar refractivity (Wildman–Crippen MR) is 119 cm³/mol. The maximum atomic E-state index is 11.0. The summed E-state index contributed by atoms with van der Waals surface area (Å²) in [5.74, 6) is 0.631. The molecule has 0 atom stereocenters. The van der Waals surface area contributed by atoms with Crippen LogP contribution >= 0.6 is 22.6 Å². The molecule has 29 heavy (non-hydrogen) atoms. The Morgan fingerprint density at radius 2 is 1.14 bits per heavy atom. The van der Waals surface area contributed by atoms with Gasteiger partial charge in [-0.05, 0) is 24.3 Å². The molecule has 0 saturated carbocycles. The van der Waals surface area contributed by atoms with Gasteiger partial charge in [-0.1, -0.05) is 22.6 Å². The molecule has 1 N–H and O–H groups in total. The SMILES string of the molecule is CC(=O)Nc1ccc(OCCOCCOCCOCCOCCOCCI)cc1. The number of benzene rings is 1. The molecule has 0 heterocycles. The van der Waals surface area contributed by atoms with E-state index in [9.17, 15) is 4.79 Å². The Hall–Kier alpha value is -0.980. The van der Waals surface area contributed by atoms with Gasteiger partial charge in [0.1, 0.15) is 12.4 Å². The predicted octanol–water partition coefficient (Wildman–Crippen LogP) is 2.54. The number of hydrogen-bond acceptors (Lipinski definition) is 7. The van der Waals surface area contributed by atoms with Crippen LogP contribution in [0.5, 0.6) is 5.75 Å². The van der Waals surface area contributed by atoms with Gasteiger partial charge < -0.3 is 33.7 Å². The molecule has 8 nitrogen and oxygen atoms in total. The standard InChI is InChI=1S/C20H32INO7/c1-18(23)22-19-2-4-20(5-3-19)29-17-16-28-15-14-27-13-12-26-11-10-25-9-8-24-7-6-21/h2-5H,6-17H2,1H3,(H,22,23). The van der Waals surface area contributed by atoms with Gasteiger partial charge in [0.25, 0.3) is 0 Å². The number of nitrogens with one attached hydrogen (secondary N) is 1. The zero-order valence-electron chi connectivity index (χ0n) is 17.0. The molecule has 0 bridgehead atoms. The number of anilines is 1. The summed E-state index contributed by atoms with van der Waals surface area (Å²) < 4.78 is 33.5.